The fourth-order valence-corrected chi connectivity index (χ4v) is 0. The second-order valence-electron chi connectivity index (χ2n) is 0.665. The third-order valence-corrected chi connectivity index (χ3v) is 0. The quantitative estimate of drug-likeness (QED) is 0.194. The molecule has 0 fully saturated rings. The van der Waals surface area contributed by atoms with Crippen molar-refractivity contribution in [2.24, 2.45) is 0 Å². The molecule has 0 bridgehead atoms. The molecule has 0 aromatic carbocycles. The van der Waals surface area contributed by atoms with E-state index in [0.717, 1.165) is 0 Å². The molecule has 0 saturated carbocycles. The molecule has 0 aliphatic rings. The van der Waals surface area contributed by atoms with Gasteiger partial charge in [-0.3, -0.25) is 4.57 Å². The number of hydrogen-bond donors (Lipinski definition) is 2. The molecule has 0 radical (unpaired) electrons. The van der Waals surface area contributed by atoms with E-state index in [-0.39, 0.29) is 18.9 Å². The fourth-order valence-electron chi connectivity index (χ4n) is 0. The maximum atomic E-state index is 9.22. The van der Waals surface area contributed by atoms with Crippen molar-refractivity contribution in [1.82, 2.24) is 0 Å². The number of rotatable bonds is 0. The van der Waals surface area contributed by atoms with Gasteiger partial charge in [-0.2, -0.15) is 0 Å². The summed E-state index contributed by atoms with van der Waals surface area (Å²) in [6.45, 7) is 2.44. The maximum absolute atomic E-state index is 9.22. The van der Waals surface area contributed by atoms with Gasteiger partial charge in [0.2, 0.25) is 0 Å². The van der Waals surface area contributed by atoms with Crippen LogP contribution >= 0.6 is 7.60 Å². The summed E-state index contributed by atoms with van der Waals surface area (Å²) in [6, 6.07) is 0. The van der Waals surface area contributed by atoms with Crippen LogP contribution < -0.4 is 18.9 Å². The first-order chi connectivity index (χ1) is 2.00. The minimum absolute atomic E-state index is 0. The summed E-state index contributed by atoms with van der Waals surface area (Å²) >= 11 is 0. The first-order valence-corrected chi connectivity index (χ1v) is 2.70. The largest absolute Gasteiger partial charge is 1.00 e. The van der Waals surface area contributed by atoms with E-state index in [9.17, 15) is 4.57 Å². The summed E-state index contributed by atoms with van der Waals surface area (Å²) in [4.78, 5) is 15.0. The minimum Gasteiger partial charge on any atom is -0.347 e. The normalized spacial score (nSPS) is 9.83. The van der Waals surface area contributed by atoms with Crippen molar-refractivity contribution >= 4 is 7.60 Å². The molecule has 3 nitrogen and oxygen atoms in total. The Kier molecular flexibility index (Phi) is 4.69. The summed E-state index contributed by atoms with van der Waals surface area (Å²) in [7, 11) is -3.89. The van der Waals surface area contributed by atoms with E-state index in [1.54, 1.807) is 0 Å². The zero-order valence-electron chi connectivity index (χ0n) is 3.46. The Bertz CT molecular complexity index is 56.9. The molecule has 5 heteroatoms. The first kappa shape index (κ1) is 9.89. The van der Waals surface area contributed by atoms with Crippen LogP contribution in [0.5, 0.6) is 0 Å². The first-order valence-electron chi connectivity index (χ1n) is 0.899. The molecule has 0 heterocycles. The third-order valence-electron chi connectivity index (χ3n) is 0. The molecule has 32 valence electrons. The topological polar surface area (TPSA) is 57.5 Å². The van der Waals surface area contributed by atoms with Crippen molar-refractivity contribution in [2.45, 2.75) is 0 Å². The molecule has 0 atom stereocenters. The van der Waals surface area contributed by atoms with Crippen molar-refractivity contribution in [3.05, 3.63) is 6.66 Å². The van der Waals surface area contributed by atoms with Crippen LogP contribution in [-0.4, -0.2) is 9.79 Å². The Hall–Kier alpha value is 0.747. The SMILES string of the molecule is [CH2-]P(=O)(O)O.[Li+]. The van der Waals surface area contributed by atoms with Gasteiger partial charge in [0.1, 0.15) is 0 Å². The van der Waals surface area contributed by atoms with E-state index in [1.807, 2.05) is 0 Å². The van der Waals surface area contributed by atoms with Crippen molar-refractivity contribution < 1.29 is 33.2 Å². The van der Waals surface area contributed by atoms with Gasteiger partial charge in [0.05, 0.1) is 0 Å². The maximum Gasteiger partial charge on any atom is 1.00 e. The second kappa shape index (κ2) is 2.85. The molecule has 0 rings (SSSR count). The summed E-state index contributed by atoms with van der Waals surface area (Å²) in [5, 5.41) is 0. The molecule has 0 saturated heterocycles. The Morgan fingerprint density at radius 1 is 1.50 bits per heavy atom. The van der Waals surface area contributed by atoms with Crippen LogP contribution in [-0.2, 0) is 4.57 Å². The number of hydrogen-bond acceptors (Lipinski definition) is 1. The molecule has 0 aromatic rings. The monoisotopic (exact) mass is 102 g/mol. The zero-order valence-corrected chi connectivity index (χ0v) is 4.35. The molecule has 0 unspecified atom stereocenters. The van der Waals surface area contributed by atoms with E-state index in [4.69, 9.17) is 9.79 Å². The van der Waals surface area contributed by atoms with E-state index in [2.05, 4.69) is 6.66 Å². The molecule has 0 aliphatic carbocycles. The van der Waals surface area contributed by atoms with Crippen LogP contribution in [0, 0.1) is 6.66 Å². The Balaban J connectivity index is 0. The average molecular weight is 102 g/mol. The minimum atomic E-state index is -3.89. The zero-order chi connectivity index (χ0) is 4.50. The van der Waals surface area contributed by atoms with Crippen molar-refractivity contribution in [3.8, 4) is 0 Å². The summed E-state index contributed by atoms with van der Waals surface area (Å²) < 4.78 is 9.22. The van der Waals surface area contributed by atoms with Gasteiger partial charge >= 0.3 is 18.9 Å². The van der Waals surface area contributed by atoms with Gasteiger partial charge in [-0.25, -0.2) is 6.66 Å². The predicted octanol–water partition coefficient (Wildman–Crippen LogP) is -3.04. The molecular weight excluding hydrogens is 97.9 g/mol. The summed E-state index contributed by atoms with van der Waals surface area (Å²) in [6.07, 6.45) is 0. The second-order valence-corrected chi connectivity index (χ2v) is 1.99. The van der Waals surface area contributed by atoms with Gasteiger partial charge in [-0.05, 0) is 0 Å². The Labute approximate surface area is 48.1 Å². The summed E-state index contributed by atoms with van der Waals surface area (Å²) in [5.74, 6) is 0. The van der Waals surface area contributed by atoms with Crippen LogP contribution in [0.25, 0.3) is 0 Å². The van der Waals surface area contributed by atoms with Gasteiger partial charge in [0.15, 0.2) is 7.60 Å². The van der Waals surface area contributed by atoms with Gasteiger partial charge in [0.25, 0.3) is 0 Å². The molecular formula is CH4LiO3P. The smallest absolute Gasteiger partial charge is 0.347 e. The van der Waals surface area contributed by atoms with Crippen molar-refractivity contribution in [3.63, 3.8) is 0 Å². The van der Waals surface area contributed by atoms with Crippen LogP contribution in [0.3, 0.4) is 0 Å². The predicted molar refractivity (Wildman–Crippen MR) is 17.4 cm³/mol. The van der Waals surface area contributed by atoms with Crippen molar-refractivity contribution in [2.75, 3.05) is 0 Å². The molecule has 6 heavy (non-hydrogen) atoms. The standard InChI is InChI=1S/CH4O3P.Li/c1-5(2,3)4;/h1H2,(H2,2,3,4);/q-1;+1. The fraction of sp³-hybridized carbons (Fsp3) is 0. The van der Waals surface area contributed by atoms with Crippen LogP contribution in [0.2, 0.25) is 0 Å². The molecule has 0 aromatic heterocycles. The van der Waals surface area contributed by atoms with Gasteiger partial charge < -0.3 is 9.79 Å². The molecule has 2 N–H and O–H groups in total. The van der Waals surface area contributed by atoms with Gasteiger partial charge in [0, 0.05) is 0 Å². The van der Waals surface area contributed by atoms with E-state index >= 15 is 0 Å². The van der Waals surface area contributed by atoms with Crippen LogP contribution in [0.15, 0.2) is 0 Å². The van der Waals surface area contributed by atoms with Gasteiger partial charge in [-0.1, -0.05) is 0 Å². The Morgan fingerprint density at radius 2 is 1.50 bits per heavy atom. The third kappa shape index (κ3) is 119. The molecule has 0 aliphatic heterocycles. The molecule has 0 spiro atoms. The van der Waals surface area contributed by atoms with Crippen molar-refractivity contribution in [1.29, 1.82) is 0 Å². The van der Waals surface area contributed by atoms with E-state index < -0.39 is 7.60 Å². The van der Waals surface area contributed by atoms with E-state index in [1.165, 1.54) is 0 Å². The van der Waals surface area contributed by atoms with E-state index in [0.29, 0.717) is 0 Å². The average Bonchev–Trinajstić information content (AvgIpc) is 0.722. The summed E-state index contributed by atoms with van der Waals surface area (Å²) in [5.41, 5.74) is 0. The molecule has 0 amide bonds. The van der Waals surface area contributed by atoms with Gasteiger partial charge in [-0.15, -0.1) is 0 Å². The Morgan fingerprint density at radius 3 is 1.50 bits per heavy atom. The van der Waals surface area contributed by atoms with Crippen LogP contribution in [0.4, 0.5) is 0 Å². The van der Waals surface area contributed by atoms with Crippen LogP contribution in [0.1, 0.15) is 0 Å².